The molecule has 0 spiro atoms. The summed E-state index contributed by atoms with van der Waals surface area (Å²) in [5.41, 5.74) is 17.8. The van der Waals surface area contributed by atoms with Crippen LogP contribution < -0.4 is 0 Å². The van der Waals surface area contributed by atoms with Crippen molar-refractivity contribution in [2.24, 2.45) is 0 Å². The van der Waals surface area contributed by atoms with E-state index in [1.807, 2.05) is 13.0 Å². The molecule has 3 heteroatoms. The fourth-order valence-electron chi connectivity index (χ4n) is 11.6. The normalized spacial score (nSPS) is 16.4. The molecule has 2 aliphatic carbocycles. The van der Waals surface area contributed by atoms with Gasteiger partial charge in [0.15, 0.2) is 0 Å². The minimum absolute atomic E-state index is 0.318. The Morgan fingerprint density at radius 3 is 1.54 bits per heavy atom. The van der Waals surface area contributed by atoms with E-state index in [2.05, 4.69) is 204 Å². The molecule has 0 radical (unpaired) electrons. The van der Waals surface area contributed by atoms with Crippen molar-refractivity contribution in [3.8, 4) is 44.8 Å². The van der Waals surface area contributed by atoms with E-state index in [1.54, 1.807) is 0 Å². The van der Waals surface area contributed by atoms with Crippen molar-refractivity contribution in [3.05, 3.63) is 216 Å². The van der Waals surface area contributed by atoms with E-state index in [9.17, 15) is 5.11 Å². The van der Waals surface area contributed by atoms with Gasteiger partial charge in [-0.2, -0.15) is 0 Å². The van der Waals surface area contributed by atoms with Crippen molar-refractivity contribution in [3.63, 3.8) is 0 Å². The molecule has 63 heavy (non-hydrogen) atoms. The summed E-state index contributed by atoms with van der Waals surface area (Å²) in [5.74, 6) is 0.318. The lowest BCUT2D eigenvalue weighted by Gasteiger charge is -2.20. The summed E-state index contributed by atoms with van der Waals surface area (Å²) >= 11 is 0. The summed E-state index contributed by atoms with van der Waals surface area (Å²) in [6.07, 6.45) is 0. The number of nitrogens with zero attached hydrogens (tertiary/aromatic N) is 2. The molecule has 2 atom stereocenters. The van der Waals surface area contributed by atoms with Crippen LogP contribution in [0.2, 0.25) is 0 Å². The summed E-state index contributed by atoms with van der Waals surface area (Å²) in [7, 11) is 0. The van der Waals surface area contributed by atoms with Crippen molar-refractivity contribution in [1.29, 1.82) is 0 Å². The van der Waals surface area contributed by atoms with Crippen LogP contribution in [0.5, 0.6) is 0 Å². The van der Waals surface area contributed by atoms with Crippen molar-refractivity contribution in [2.45, 2.75) is 25.4 Å². The number of benzene rings is 10. The number of aromatic nitrogens is 2. The zero-order valence-corrected chi connectivity index (χ0v) is 34.9. The Kier molecular flexibility index (Phi) is 6.90. The molecule has 0 aliphatic heterocycles. The summed E-state index contributed by atoms with van der Waals surface area (Å²) in [4.78, 5) is 0. The molecule has 0 amide bonds. The van der Waals surface area contributed by atoms with Gasteiger partial charge in [0.05, 0.1) is 33.4 Å². The zero-order valence-electron chi connectivity index (χ0n) is 34.9. The molecule has 3 nitrogen and oxygen atoms in total. The molecule has 2 aromatic heterocycles. The molecule has 296 valence electrons. The summed E-state index contributed by atoms with van der Waals surface area (Å²) in [6.45, 7) is 4.29. The zero-order chi connectivity index (χ0) is 41.7. The molecule has 10 aromatic carbocycles. The minimum Gasteiger partial charge on any atom is -0.381 e. The second kappa shape index (κ2) is 12.4. The quantitative estimate of drug-likeness (QED) is 0.189. The third kappa shape index (κ3) is 4.67. The molecule has 2 heterocycles. The first kappa shape index (κ1) is 34.9. The van der Waals surface area contributed by atoms with Crippen molar-refractivity contribution < 1.29 is 5.11 Å². The highest BCUT2D eigenvalue weighted by atomic mass is 16.3. The van der Waals surface area contributed by atoms with Gasteiger partial charge in [0, 0.05) is 38.2 Å². The van der Waals surface area contributed by atoms with Crippen LogP contribution in [0.4, 0.5) is 0 Å². The Bertz CT molecular complexity index is 3960. The highest BCUT2D eigenvalue weighted by molar-refractivity contribution is 6.16. The Hall–Kier alpha value is -7.72. The van der Waals surface area contributed by atoms with Crippen LogP contribution in [0.25, 0.3) is 110 Å². The minimum atomic E-state index is -1.10. The van der Waals surface area contributed by atoms with E-state index in [0.717, 1.165) is 39.0 Å². The van der Waals surface area contributed by atoms with Crippen LogP contribution in [0.3, 0.4) is 0 Å². The maximum atomic E-state index is 12.1. The van der Waals surface area contributed by atoms with Crippen LogP contribution in [-0.4, -0.2) is 14.2 Å². The third-order valence-corrected chi connectivity index (χ3v) is 14.6. The molecular formula is C60H40N2O. The molecule has 12 aromatic rings. The molecular weight excluding hydrogens is 765 g/mol. The van der Waals surface area contributed by atoms with Crippen molar-refractivity contribution in [2.75, 3.05) is 0 Å². The van der Waals surface area contributed by atoms with Gasteiger partial charge in [-0.15, -0.1) is 0 Å². The van der Waals surface area contributed by atoms with Crippen LogP contribution in [0, 0.1) is 0 Å². The lowest BCUT2D eigenvalue weighted by atomic mass is 9.93. The van der Waals surface area contributed by atoms with E-state index in [1.165, 1.54) is 93.2 Å². The average Bonchev–Trinajstić information content (AvgIpc) is 3.99. The maximum absolute atomic E-state index is 12.1. The predicted octanol–water partition coefficient (Wildman–Crippen LogP) is 15.2. The van der Waals surface area contributed by atoms with E-state index in [-0.39, 0.29) is 0 Å². The third-order valence-electron chi connectivity index (χ3n) is 14.6. The molecule has 0 bridgehead atoms. The smallest absolute Gasteiger partial charge is 0.113 e. The lowest BCUT2D eigenvalue weighted by Crippen LogP contribution is -2.19. The van der Waals surface area contributed by atoms with Gasteiger partial charge in [0.1, 0.15) is 5.60 Å². The van der Waals surface area contributed by atoms with E-state index in [4.69, 9.17) is 0 Å². The second-order valence-corrected chi connectivity index (χ2v) is 17.9. The SMILES string of the molecule is CC1c2ccccc2-c2cc3c4cc(-c5ccc6c(c5)c5cc7c(cc5n6-c5cccc6ccccc56)C(C)(O)c5ccccc5-7)ccc4n(-c4cccc5ccccc45)c3cc21. The van der Waals surface area contributed by atoms with Gasteiger partial charge in [-0.1, -0.05) is 140 Å². The van der Waals surface area contributed by atoms with E-state index >= 15 is 0 Å². The van der Waals surface area contributed by atoms with Crippen LogP contribution in [0.15, 0.2) is 194 Å². The highest BCUT2D eigenvalue weighted by Crippen LogP contribution is 2.51. The maximum Gasteiger partial charge on any atom is 0.113 e. The fourth-order valence-corrected chi connectivity index (χ4v) is 11.6. The molecule has 0 saturated carbocycles. The van der Waals surface area contributed by atoms with Gasteiger partial charge in [-0.05, 0) is 134 Å². The standard InChI is InChI=1S/C60H40N2O/c1-35-40-17-7-8-20-43(40)46-31-50-48-29-38(25-27-56(48)61(58(50)33-45(35)46)54-23-11-15-36-13-3-5-18-41(36)54)39-26-28-57-49(30-39)51-32-47-44-21-9-10-22-52(44)60(2,63)53(47)34-59(51)62(57)55-24-12-16-37-14-4-6-19-42(37)55/h3-35,63H,1-2H3. The van der Waals surface area contributed by atoms with Crippen molar-refractivity contribution >= 4 is 65.2 Å². The van der Waals surface area contributed by atoms with Crippen molar-refractivity contribution in [1.82, 2.24) is 9.13 Å². The van der Waals surface area contributed by atoms with Gasteiger partial charge in [-0.3, -0.25) is 0 Å². The van der Waals surface area contributed by atoms with Gasteiger partial charge in [-0.25, -0.2) is 0 Å². The number of aliphatic hydroxyl groups is 1. The summed E-state index contributed by atoms with van der Waals surface area (Å²) in [6, 6.07) is 71.4. The highest BCUT2D eigenvalue weighted by Gasteiger charge is 2.38. The largest absolute Gasteiger partial charge is 0.381 e. The Morgan fingerprint density at radius 2 is 0.889 bits per heavy atom. The summed E-state index contributed by atoms with van der Waals surface area (Å²) < 4.78 is 4.91. The number of rotatable bonds is 3. The second-order valence-electron chi connectivity index (χ2n) is 17.9. The van der Waals surface area contributed by atoms with Crippen LogP contribution in [-0.2, 0) is 5.60 Å². The van der Waals surface area contributed by atoms with Crippen LogP contribution >= 0.6 is 0 Å². The number of fused-ring (bicyclic) bond motifs is 14. The first-order valence-corrected chi connectivity index (χ1v) is 22.1. The number of hydrogen-bond donors (Lipinski definition) is 1. The van der Waals surface area contributed by atoms with E-state index < -0.39 is 5.60 Å². The average molecular weight is 805 g/mol. The van der Waals surface area contributed by atoms with E-state index in [0.29, 0.717) is 5.92 Å². The fraction of sp³-hybridized carbons (Fsp3) is 0.0667. The molecule has 14 rings (SSSR count). The molecule has 0 fully saturated rings. The monoisotopic (exact) mass is 804 g/mol. The molecule has 2 unspecified atom stereocenters. The molecule has 0 saturated heterocycles. The molecule has 2 aliphatic rings. The Balaban J connectivity index is 1.04. The van der Waals surface area contributed by atoms with Gasteiger partial charge in [0.25, 0.3) is 0 Å². The van der Waals surface area contributed by atoms with Crippen LogP contribution in [0.1, 0.15) is 42.0 Å². The van der Waals surface area contributed by atoms with Gasteiger partial charge >= 0.3 is 0 Å². The Labute approximate surface area is 364 Å². The molecule has 1 N–H and O–H groups in total. The number of hydrogen-bond acceptors (Lipinski definition) is 1. The lowest BCUT2D eigenvalue weighted by molar-refractivity contribution is 0.107. The van der Waals surface area contributed by atoms with Gasteiger partial charge < -0.3 is 14.2 Å². The Morgan fingerprint density at radius 1 is 0.381 bits per heavy atom. The first-order valence-electron chi connectivity index (χ1n) is 22.1. The predicted molar refractivity (Wildman–Crippen MR) is 263 cm³/mol. The first-order chi connectivity index (χ1) is 30.9. The van der Waals surface area contributed by atoms with Gasteiger partial charge in [0.2, 0.25) is 0 Å². The topological polar surface area (TPSA) is 30.1 Å². The summed E-state index contributed by atoms with van der Waals surface area (Å²) in [5, 5.41) is 21.9.